The minimum absolute atomic E-state index is 0.0415. The van der Waals surface area contributed by atoms with Crippen molar-refractivity contribution in [2.45, 2.75) is 24.8 Å². The van der Waals surface area contributed by atoms with Crippen molar-refractivity contribution in [2.24, 2.45) is 5.10 Å². The van der Waals surface area contributed by atoms with Gasteiger partial charge in [0.1, 0.15) is 12.3 Å². The summed E-state index contributed by atoms with van der Waals surface area (Å²) >= 11 is 6.11. The molecule has 0 saturated carbocycles. The molecule has 4 aromatic rings. The van der Waals surface area contributed by atoms with E-state index in [-0.39, 0.29) is 29.1 Å². The Bertz CT molecular complexity index is 1680. The average molecular weight is 619 g/mol. The van der Waals surface area contributed by atoms with Gasteiger partial charge in [0, 0.05) is 5.02 Å². The first kappa shape index (κ1) is 31.3. The molecule has 0 spiro atoms. The zero-order chi connectivity index (χ0) is 30.8. The SMILES string of the molecule is Cc1ccc(S(=O)(=O)N(CC(=O)N/N=C\c2ccc(OCC(=O)N[C@@H](C)c3ccccc3)cc2)c2cccc(Cl)c2)cc1. The Hall–Kier alpha value is -4.67. The molecule has 1 atom stereocenters. The van der Waals surface area contributed by atoms with Crippen LogP contribution in [0, 0.1) is 6.92 Å². The van der Waals surface area contributed by atoms with Crippen molar-refractivity contribution in [3.05, 3.63) is 125 Å². The monoisotopic (exact) mass is 618 g/mol. The second-order valence-electron chi connectivity index (χ2n) is 9.66. The number of hydrazone groups is 1. The van der Waals surface area contributed by atoms with Gasteiger partial charge in [-0.15, -0.1) is 0 Å². The number of rotatable bonds is 12. The molecule has 0 heterocycles. The van der Waals surface area contributed by atoms with E-state index < -0.39 is 22.5 Å². The summed E-state index contributed by atoms with van der Waals surface area (Å²) in [6.07, 6.45) is 1.41. The zero-order valence-corrected chi connectivity index (χ0v) is 25.2. The van der Waals surface area contributed by atoms with Gasteiger partial charge < -0.3 is 10.1 Å². The number of aryl methyl sites for hydroxylation is 1. The Balaban J connectivity index is 1.33. The van der Waals surface area contributed by atoms with E-state index in [1.807, 2.05) is 44.2 Å². The van der Waals surface area contributed by atoms with Crippen molar-refractivity contribution in [1.82, 2.24) is 10.7 Å². The van der Waals surface area contributed by atoms with Crippen LogP contribution in [0.3, 0.4) is 0 Å². The van der Waals surface area contributed by atoms with Gasteiger partial charge in [-0.25, -0.2) is 13.8 Å². The molecule has 43 heavy (non-hydrogen) atoms. The highest BCUT2D eigenvalue weighted by Crippen LogP contribution is 2.26. The van der Waals surface area contributed by atoms with E-state index in [1.165, 1.54) is 24.4 Å². The number of hydrogen-bond donors (Lipinski definition) is 2. The van der Waals surface area contributed by atoms with Crippen LogP contribution in [-0.2, 0) is 19.6 Å². The zero-order valence-electron chi connectivity index (χ0n) is 23.6. The molecule has 0 radical (unpaired) electrons. The number of benzene rings is 4. The summed E-state index contributed by atoms with van der Waals surface area (Å²) in [6, 6.07) is 28.8. The molecular formula is C32H31ClN4O5S. The largest absolute Gasteiger partial charge is 0.484 e. The van der Waals surface area contributed by atoms with Crippen LogP contribution in [0.2, 0.25) is 5.02 Å². The lowest BCUT2D eigenvalue weighted by Gasteiger charge is -2.24. The van der Waals surface area contributed by atoms with Gasteiger partial charge in [0.2, 0.25) is 0 Å². The van der Waals surface area contributed by atoms with E-state index in [0.29, 0.717) is 16.3 Å². The number of anilines is 1. The number of amides is 2. The highest BCUT2D eigenvalue weighted by Gasteiger charge is 2.27. The summed E-state index contributed by atoms with van der Waals surface area (Å²) in [5.74, 6) is -0.411. The van der Waals surface area contributed by atoms with Crippen molar-refractivity contribution in [3.63, 3.8) is 0 Å². The number of nitrogens with zero attached hydrogens (tertiary/aromatic N) is 2. The third-order valence-corrected chi connectivity index (χ3v) is 8.35. The maximum Gasteiger partial charge on any atom is 0.264 e. The van der Waals surface area contributed by atoms with Gasteiger partial charge in [0.05, 0.1) is 22.8 Å². The van der Waals surface area contributed by atoms with Crippen LogP contribution in [0.25, 0.3) is 0 Å². The van der Waals surface area contributed by atoms with Gasteiger partial charge in [0.15, 0.2) is 6.61 Å². The van der Waals surface area contributed by atoms with Crippen LogP contribution in [0.4, 0.5) is 5.69 Å². The molecule has 0 fully saturated rings. The fourth-order valence-electron chi connectivity index (χ4n) is 4.04. The number of carbonyl (C=O) groups is 2. The van der Waals surface area contributed by atoms with Crippen molar-refractivity contribution in [3.8, 4) is 5.75 Å². The van der Waals surface area contributed by atoms with E-state index in [0.717, 1.165) is 15.4 Å². The second kappa shape index (κ2) is 14.5. The number of halogens is 1. The van der Waals surface area contributed by atoms with E-state index in [2.05, 4.69) is 15.8 Å². The molecule has 4 aromatic carbocycles. The fraction of sp³-hybridized carbons (Fsp3) is 0.156. The first-order chi connectivity index (χ1) is 20.6. The molecule has 9 nitrogen and oxygen atoms in total. The number of hydrogen-bond acceptors (Lipinski definition) is 6. The summed E-state index contributed by atoms with van der Waals surface area (Å²) in [4.78, 5) is 25.1. The van der Waals surface area contributed by atoms with Crippen LogP contribution in [0.15, 0.2) is 113 Å². The van der Waals surface area contributed by atoms with Crippen LogP contribution in [-0.4, -0.2) is 39.6 Å². The van der Waals surface area contributed by atoms with Crippen molar-refractivity contribution in [1.29, 1.82) is 0 Å². The Morgan fingerprint density at radius 3 is 2.30 bits per heavy atom. The minimum Gasteiger partial charge on any atom is -0.484 e. The van der Waals surface area contributed by atoms with Gasteiger partial charge in [-0.3, -0.25) is 13.9 Å². The average Bonchev–Trinajstić information content (AvgIpc) is 3.00. The molecular weight excluding hydrogens is 588 g/mol. The molecule has 222 valence electrons. The molecule has 11 heteroatoms. The van der Waals surface area contributed by atoms with Gasteiger partial charge in [-0.1, -0.05) is 65.7 Å². The normalized spacial score (nSPS) is 12.0. The summed E-state index contributed by atoms with van der Waals surface area (Å²) in [7, 11) is -4.08. The Morgan fingerprint density at radius 1 is 0.930 bits per heavy atom. The third-order valence-electron chi connectivity index (χ3n) is 6.32. The Kier molecular flexibility index (Phi) is 10.5. The highest BCUT2D eigenvalue weighted by atomic mass is 35.5. The maximum atomic E-state index is 13.5. The van der Waals surface area contributed by atoms with E-state index in [1.54, 1.807) is 54.6 Å². The first-order valence-electron chi connectivity index (χ1n) is 13.4. The lowest BCUT2D eigenvalue weighted by Crippen LogP contribution is -2.39. The van der Waals surface area contributed by atoms with Crippen molar-refractivity contribution >= 4 is 45.3 Å². The molecule has 2 amide bonds. The van der Waals surface area contributed by atoms with Gasteiger partial charge >= 0.3 is 0 Å². The topological polar surface area (TPSA) is 117 Å². The van der Waals surface area contributed by atoms with Gasteiger partial charge in [-0.05, 0) is 79.6 Å². The Labute approximate surface area is 256 Å². The number of sulfonamides is 1. The first-order valence-corrected chi connectivity index (χ1v) is 15.2. The molecule has 0 saturated heterocycles. The molecule has 0 aliphatic carbocycles. The third kappa shape index (κ3) is 8.91. The summed E-state index contributed by atoms with van der Waals surface area (Å²) < 4.78 is 33.5. The second-order valence-corrected chi connectivity index (χ2v) is 12.0. The summed E-state index contributed by atoms with van der Waals surface area (Å²) in [6.45, 7) is 3.09. The van der Waals surface area contributed by atoms with E-state index >= 15 is 0 Å². The molecule has 0 aromatic heterocycles. The summed E-state index contributed by atoms with van der Waals surface area (Å²) in [5, 5.41) is 7.18. The van der Waals surface area contributed by atoms with E-state index in [4.69, 9.17) is 16.3 Å². The molecule has 2 N–H and O–H groups in total. The molecule has 0 bridgehead atoms. The predicted octanol–water partition coefficient (Wildman–Crippen LogP) is 5.25. The van der Waals surface area contributed by atoms with Crippen LogP contribution in [0.1, 0.15) is 29.7 Å². The lowest BCUT2D eigenvalue weighted by molar-refractivity contribution is -0.123. The van der Waals surface area contributed by atoms with Crippen LogP contribution < -0.4 is 19.8 Å². The fourth-order valence-corrected chi connectivity index (χ4v) is 5.63. The van der Waals surface area contributed by atoms with Crippen molar-refractivity contribution in [2.75, 3.05) is 17.5 Å². The van der Waals surface area contributed by atoms with Gasteiger partial charge in [0.25, 0.3) is 21.8 Å². The molecule has 4 rings (SSSR count). The number of nitrogens with one attached hydrogen (secondary N) is 2. The van der Waals surface area contributed by atoms with Crippen LogP contribution in [0.5, 0.6) is 5.75 Å². The Morgan fingerprint density at radius 2 is 1.63 bits per heavy atom. The molecule has 0 aliphatic heterocycles. The molecule has 0 aliphatic rings. The van der Waals surface area contributed by atoms with Crippen LogP contribution >= 0.6 is 11.6 Å². The smallest absolute Gasteiger partial charge is 0.264 e. The standard InChI is InChI=1S/C32H31ClN4O5S/c1-23-11-17-30(18-12-23)43(40,41)37(28-10-6-9-27(33)19-28)21-31(38)36-34-20-25-13-15-29(16-14-25)42-22-32(39)35-24(2)26-7-4-3-5-8-26/h3-20,24H,21-22H2,1-2H3,(H,35,39)(H,36,38)/b34-20-/t24-/m0/s1. The van der Waals surface area contributed by atoms with Gasteiger partial charge in [-0.2, -0.15) is 5.10 Å². The predicted molar refractivity (Wildman–Crippen MR) is 168 cm³/mol. The highest BCUT2D eigenvalue weighted by molar-refractivity contribution is 7.92. The lowest BCUT2D eigenvalue weighted by atomic mass is 10.1. The number of ether oxygens (including phenoxy) is 1. The number of carbonyl (C=O) groups excluding carboxylic acids is 2. The van der Waals surface area contributed by atoms with Crippen molar-refractivity contribution < 1.29 is 22.7 Å². The quantitative estimate of drug-likeness (QED) is 0.166. The van der Waals surface area contributed by atoms with E-state index in [9.17, 15) is 18.0 Å². The maximum absolute atomic E-state index is 13.5. The summed E-state index contributed by atoms with van der Waals surface area (Å²) in [5.41, 5.74) is 5.16. The minimum atomic E-state index is -4.08. The molecule has 0 unspecified atom stereocenters.